The van der Waals surface area contributed by atoms with Crippen LogP contribution in [0, 0.1) is 5.92 Å². The lowest BCUT2D eigenvalue weighted by Gasteiger charge is -2.52. The van der Waals surface area contributed by atoms with E-state index in [2.05, 4.69) is 5.32 Å². The van der Waals surface area contributed by atoms with Gasteiger partial charge < -0.3 is 15.3 Å². The minimum Gasteiger partial charge on any atom is -0.481 e. The van der Waals surface area contributed by atoms with Gasteiger partial charge in [0.2, 0.25) is 5.91 Å². The summed E-state index contributed by atoms with van der Waals surface area (Å²) in [7, 11) is 0. The summed E-state index contributed by atoms with van der Waals surface area (Å²) < 4.78 is 0. The molecule has 1 aliphatic heterocycles. The maximum atomic E-state index is 13.8. The van der Waals surface area contributed by atoms with Gasteiger partial charge in [-0.2, -0.15) is 0 Å². The van der Waals surface area contributed by atoms with Crippen molar-refractivity contribution in [2.75, 3.05) is 4.90 Å². The Morgan fingerprint density at radius 1 is 0.906 bits per heavy atom. The molecule has 1 heterocycles. The number of anilines is 1. The third-order valence-corrected chi connectivity index (χ3v) is 6.70. The van der Waals surface area contributed by atoms with Gasteiger partial charge in [0.25, 0.3) is 5.91 Å². The number of carboxylic acids is 1. The fraction of sp³-hybridized carbons (Fsp3) is 0.269. The lowest BCUT2D eigenvalue weighted by molar-refractivity contribution is -0.139. The van der Waals surface area contributed by atoms with Crippen molar-refractivity contribution in [2.24, 2.45) is 5.92 Å². The van der Waals surface area contributed by atoms with E-state index < -0.39 is 5.97 Å². The summed E-state index contributed by atoms with van der Waals surface area (Å²) in [6.45, 7) is 0. The van der Waals surface area contributed by atoms with Crippen molar-refractivity contribution in [3.63, 3.8) is 0 Å². The highest BCUT2D eigenvalue weighted by molar-refractivity contribution is 6.15. The number of rotatable bonds is 5. The molecule has 2 amide bonds. The molecule has 0 aromatic heterocycles. The Hall–Kier alpha value is -3.67. The van der Waals surface area contributed by atoms with Crippen LogP contribution in [0.25, 0.3) is 10.8 Å². The molecule has 162 valence electrons. The topological polar surface area (TPSA) is 86.7 Å². The predicted octanol–water partition coefficient (Wildman–Crippen LogP) is 4.30. The molecule has 5 rings (SSSR count). The normalized spacial score (nSPS) is 21.2. The predicted molar refractivity (Wildman–Crippen MR) is 121 cm³/mol. The Balaban J connectivity index is 1.51. The molecule has 1 aliphatic carbocycles. The first-order valence-corrected chi connectivity index (χ1v) is 11.0. The number of aliphatic carboxylic acids is 1. The van der Waals surface area contributed by atoms with Crippen molar-refractivity contribution < 1.29 is 19.5 Å². The monoisotopic (exact) mass is 428 g/mol. The van der Waals surface area contributed by atoms with Crippen LogP contribution in [0.2, 0.25) is 0 Å². The highest BCUT2D eigenvalue weighted by atomic mass is 16.4. The van der Waals surface area contributed by atoms with Gasteiger partial charge in [-0.15, -0.1) is 0 Å². The number of carbonyl (C=O) groups excluding carboxylic acids is 2. The maximum absolute atomic E-state index is 13.8. The second-order valence-electron chi connectivity index (χ2n) is 8.51. The van der Waals surface area contributed by atoms with Gasteiger partial charge in [0.15, 0.2) is 0 Å². The summed E-state index contributed by atoms with van der Waals surface area (Å²) in [4.78, 5) is 39.0. The van der Waals surface area contributed by atoms with E-state index in [-0.39, 0.29) is 42.7 Å². The number of hydrogen-bond donors (Lipinski definition) is 2. The third-order valence-electron chi connectivity index (χ3n) is 6.70. The first kappa shape index (κ1) is 20.2. The SMILES string of the molecule is O=C(O)CCC(=O)NC1c2ccccc2N(C(=O)c2cccc3ccccc23)C2CCC12. The number of benzene rings is 3. The molecule has 6 nitrogen and oxygen atoms in total. The summed E-state index contributed by atoms with van der Waals surface area (Å²) in [5, 5.41) is 13.9. The molecular formula is C26H24N2O4. The molecule has 3 aromatic rings. The molecule has 3 atom stereocenters. The van der Waals surface area contributed by atoms with Crippen molar-refractivity contribution in [2.45, 2.75) is 37.8 Å². The molecule has 2 aliphatic rings. The molecule has 3 aromatic carbocycles. The number of nitrogens with one attached hydrogen (secondary N) is 1. The standard InChI is InChI=1S/C26H24N2O4/c29-23(14-15-24(30)31)27-25-19-9-3-4-11-21(19)28(22-13-12-20(22)25)26(32)18-10-5-7-16-6-1-2-8-17(16)18/h1-11,20,22,25H,12-15H2,(H,27,29)(H,30,31). The van der Waals surface area contributed by atoms with Crippen LogP contribution < -0.4 is 10.2 Å². The van der Waals surface area contributed by atoms with Crippen molar-refractivity contribution in [3.8, 4) is 0 Å². The third kappa shape index (κ3) is 3.42. The van der Waals surface area contributed by atoms with Crippen molar-refractivity contribution in [1.29, 1.82) is 0 Å². The lowest BCUT2D eigenvalue weighted by atomic mass is 9.68. The van der Waals surface area contributed by atoms with Crippen molar-refractivity contribution in [1.82, 2.24) is 5.32 Å². The van der Waals surface area contributed by atoms with Gasteiger partial charge in [0.1, 0.15) is 0 Å². The van der Waals surface area contributed by atoms with E-state index in [0.717, 1.165) is 34.9 Å². The van der Waals surface area contributed by atoms with E-state index in [1.807, 2.05) is 71.6 Å². The Kier molecular flexibility index (Phi) is 5.13. The smallest absolute Gasteiger partial charge is 0.303 e. The number of nitrogens with zero attached hydrogens (tertiary/aromatic N) is 1. The summed E-state index contributed by atoms with van der Waals surface area (Å²) in [6, 6.07) is 21.2. The van der Waals surface area contributed by atoms with Gasteiger partial charge in [-0.3, -0.25) is 14.4 Å². The quantitative estimate of drug-likeness (QED) is 0.634. The summed E-state index contributed by atoms with van der Waals surface area (Å²) in [6.07, 6.45) is 1.53. The van der Waals surface area contributed by atoms with Crippen molar-refractivity contribution in [3.05, 3.63) is 77.9 Å². The zero-order chi connectivity index (χ0) is 22.2. The number of carbonyl (C=O) groups is 3. The molecular weight excluding hydrogens is 404 g/mol. The maximum Gasteiger partial charge on any atom is 0.303 e. The van der Waals surface area contributed by atoms with Crippen LogP contribution >= 0.6 is 0 Å². The van der Waals surface area contributed by atoms with E-state index in [1.165, 1.54) is 0 Å². The molecule has 6 heteroatoms. The van der Waals surface area contributed by atoms with Gasteiger partial charge in [-0.05, 0) is 41.3 Å². The van der Waals surface area contributed by atoms with Crippen LogP contribution in [-0.4, -0.2) is 28.9 Å². The van der Waals surface area contributed by atoms with Gasteiger partial charge in [-0.1, -0.05) is 54.6 Å². The highest BCUT2D eigenvalue weighted by Gasteiger charge is 2.49. The van der Waals surface area contributed by atoms with E-state index in [9.17, 15) is 14.4 Å². The fourth-order valence-electron chi connectivity index (χ4n) is 5.05. The van der Waals surface area contributed by atoms with E-state index in [0.29, 0.717) is 5.56 Å². The Morgan fingerprint density at radius 2 is 1.66 bits per heavy atom. The number of amides is 2. The fourth-order valence-corrected chi connectivity index (χ4v) is 5.05. The zero-order valence-electron chi connectivity index (χ0n) is 17.5. The minimum atomic E-state index is -0.988. The van der Waals surface area contributed by atoms with Crippen molar-refractivity contribution >= 4 is 34.2 Å². The summed E-state index contributed by atoms with van der Waals surface area (Å²) in [5.74, 6) is -1.18. The van der Waals surface area contributed by atoms with E-state index in [1.54, 1.807) is 0 Å². The second kappa shape index (κ2) is 8.11. The number of para-hydroxylation sites is 1. The molecule has 32 heavy (non-hydrogen) atoms. The van der Waals surface area contributed by atoms with Gasteiger partial charge in [0, 0.05) is 29.6 Å². The number of fused-ring (bicyclic) bond motifs is 3. The first-order valence-electron chi connectivity index (χ1n) is 11.0. The Morgan fingerprint density at radius 3 is 2.44 bits per heavy atom. The molecule has 0 radical (unpaired) electrons. The van der Waals surface area contributed by atoms with Crippen LogP contribution in [0.1, 0.15) is 47.6 Å². The zero-order valence-corrected chi connectivity index (χ0v) is 17.5. The van der Waals surface area contributed by atoms with E-state index in [4.69, 9.17) is 5.11 Å². The number of hydrogen-bond acceptors (Lipinski definition) is 3. The first-order chi connectivity index (χ1) is 15.5. The Labute approximate surface area is 185 Å². The van der Waals surface area contributed by atoms with Crippen LogP contribution in [0.15, 0.2) is 66.7 Å². The average Bonchev–Trinajstić information content (AvgIpc) is 2.78. The molecule has 0 spiro atoms. The molecule has 3 unspecified atom stereocenters. The number of carboxylic acid groups (broad SMARTS) is 1. The van der Waals surface area contributed by atoms with Crippen LogP contribution in [-0.2, 0) is 9.59 Å². The molecule has 0 saturated heterocycles. The van der Waals surface area contributed by atoms with E-state index >= 15 is 0 Å². The summed E-state index contributed by atoms with van der Waals surface area (Å²) >= 11 is 0. The van der Waals surface area contributed by atoms with Gasteiger partial charge in [-0.25, -0.2) is 0 Å². The summed E-state index contributed by atoms with van der Waals surface area (Å²) in [5.41, 5.74) is 2.40. The largest absolute Gasteiger partial charge is 0.481 e. The lowest BCUT2D eigenvalue weighted by Crippen LogP contribution is -2.58. The van der Waals surface area contributed by atoms with Crippen LogP contribution in [0.4, 0.5) is 5.69 Å². The molecule has 0 bridgehead atoms. The molecule has 1 fully saturated rings. The Bertz CT molecular complexity index is 1220. The van der Waals surface area contributed by atoms with Gasteiger partial charge >= 0.3 is 5.97 Å². The highest BCUT2D eigenvalue weighted by Crippen LogP contribution is 2.50. The molecule has 1 saturated carbocycles. The minimum absolute atomic E-state index is 0.00106. The van der Waals surface area contributed by atoms with Gasteiger partial charge in [0.05, 0.1) is 12.5 Å². The van der Waals surface area contributed by atoms with Crippen LogP contribution in [0.5, 0.6) is 0 Å². The van der Waals surface area contributed by atoms with Crippen LogP contribution in [0.3, 0.4) is 0 Å². The second-order valence-corrected chi connectivity index (χ2v) is 8.51. The average molecular weight is 428 g/mol. The molecule has 2 N–H and O–H groups in total.